The molecule has 2 rings (SSSR count). The minimum absolute atomic E-state index is 0.0284. The normalized spacial score (nSPS) is 11.7. The summed E-state index contributed by atoms with van der Waals surface area (Å²) in [5, 5.41) is 15.4. The molecule has 0 saturated heterocycles. The lowest BCUT2D eigenvalue weighted by atomic mass is 10.1. The van der Waals surface area contributed by atoms with Crippen molar-refractivity contribution in [1.29, 1.82) is 0 Å². The van der Waals surface area contributed by atoms with Crippen molar-refractivity contribution in [2.24, 2.45) is 7.05 Å². The molecule has 0 aliphatic rings. The van der Waals surface area contributed by atoms with Gasteiger partial charge in [-0.25, -0.2) is 9.48 Å². The summed E-state index contributed by atoms with van der Waals surface area (Å²) in [6.07, 6.45) is 0. The first-order chi connectivity index (χ1) is 9.99. The molecule has 0 radical (unpaired) electrons. The molecule has 108 valence electrons. The number of amides is 1. The zero-order chi connectivity index (χ0) is 15.4. The van der Waals surface area contributed by atoms with Gasteiger partial charge < -0.3 is 10.4 Å². The number of hydrogen-bond acceptors (Lipinski definition) is 4. The van der Waals surface area contributed by atoms with Crippen LogP contribution in [0.4, 0.5) is 0 Å². The molecule has 1 amide bonds. The van der Waals surface area contributed by atoms with Gasteiger partial charge in [-0.3, -0.25) is 9.59 Å². The molecule has 0 unspecified atom stereocenters. The van der Waals surface area contributed by atoms with Crippen LogP contribution in [0.5, 0.6) is 0 Å². The fourth-order valence-corrected chi connectivity index (χ4v) is 1.76. The number of benzene rings is 1. The molecule has 7 heteroatoms. The number of aryl methyl sites for hydroxylation is 1. The summed E-state index contributed by atoms with van der Waals surface area (Å²) in [6, 6.07) is 9.59. The number of hydrogen-bond donors (Lipinski definition) is 2. The predicted octanol–water partition coefficient (Wildman–Crippen LogP) is 0.336. The molecular formula is C14H13N3O4. The van der Waals surface area contributed by atoms with Crippen LogP contribution in [0, 0.1) is 0 Å². The molecule has 0 fully saturated rings. The number of carbonyl (C=O) groups excluding carboxylic acids is 1. The molecule has 1 aromatic carbocycles. The predicted molar refractivity (Wildman–Crippen MR) is 73.8 cm³/mol. The molecule has 2 N–H and O–H groups in total. The third-order valence-electron chi connectivity index (χ3n) is 2.85. The average Bonchev–Trinajstić information content (AvgIpc) is 2.48. The highest BCUT2D eigenvalue weighted by Gasteiger charge is 2.23. The highest BCUT2D eigenvalue weighted by Crippen LogP contribution is 2.13. The topological polar surface area (TPSA) is 101 Å². The molecule has 0 spiro atoms. The zero-order valence-electron chi connectivity index (χ0n) is 11.2. The number of aromatic nitrogens is 2. The van der Waals surface area contributed by atoms with Gasteiger partial charge in [0.1, 0.15) is 5.69 Å². The van der Waals surface area contributed by atoms with Crippen LogP contribution in [-0.4, -0.2) is 26.8 Å². The van der Waals surface area contributed by atoms with Crippen LogP contribution >= 0.6 is 0 Å². The van der Waals surface area contributed by atoms with E-state index in [1.54, 1.807) is 30.3 Å². The van der Waals surface area contributed by atoms with E-state index in [0.29, 0.717) is 5.56 Å². The van der Waals surface area contributed by atoms with Crippen molar-refractivity contribution < 1.29 is 14.7 Å². The van der Waals surface area contributed by atoms with Crippen LogP contribution in [0.25, 0.3) is 0 Å². The van der Waals surface area contributed by atoms with Crippen molar-refractivity contribution in [3.8, 4) is 0 Å². The Labute approximate surface area is 119 Å². The van der Waals surface area contributed by atoms with Crippen LogP contribution in [0.3, 0.4) is 0 Å². The Balaban J connectivity index is 2.25. The van der Waals surface area contributed by atoms with Crippen LogP contribution < -0.4 is 10.9 Å². The lowest BCUT2D eigenvalue weighted by molar-refractivity contribution is -0.139. The minimum atomic E-state index is -1.18. The van der Waals surface area contributed by atoms with Crippen molar-refractivity contribution in [2.45, 2.75) is 6.04 Å². The van der Waals surface area contributed by atoms with Gasteiger partial charge in [0.15, 0.2) is 6.04 Å². The van der Waals surface area contributed by atoms with E-state index >= 15 is 0 Å². The van der Waals surface area contributed by atoms with Crippen LogP contribution in [0.1, 0.15) is 22.1 Å². The SMILES string of the molecule is Cn1nc(C(=O)N[C@@H](C(=O)O)c2ccccc2)ccc1=O. The van der Waals surface area contributed by atoms with Crippen molar-refractivity contribution in [1.82, 2.24) is 15.1 Å². The van der Waals surface area contributed by atoms with E-state index < -0.39 is 17.9 Å². The van der Waals surface area contributed by atoms with E-state index in [-0.39, 0.29) is 11.3 Å². The second-order valence-corrected chi connectivity index (χ2v) is 4.34. The largest absolute Gasteiger partial charge is 0.479 e. The van der Waals surface area contributed by atoms with E-state index in [2.05, 4.69) is 10.4 Å². The summed E-state index contributed by atoms with van der Waals surface area (Å²) >= 11 is 0. The molecule has 0 aliphatic carbocycles. The second-order valence-electron chi connectivity index (χ2n) is 4.34. The molecule has 1 aromatic heterocycles. The van der Waals surface area contributed by atoms with E-state index in [4.69, 9.17) is 0 Å². The van der Waals surface area contributed by atoms with Gasteiger partial charge in [0.2, 0.25) is 0 Å². The number of nitrogens with one attached hydrogen (secondary N) is 1. The standard InChI is InChI=1S/C14H13N3O4/c1-17-11(18)8-7-10(16-17)13(19)15-12(14(20)21)9-5-3-2-4-6-9/h2-8,12H,1H3,(H,15,19)(H,20,21)/t12-/m1/s1. The number of aliphatic carboxylic acids is 1. The van der Waals surface area contributed by atoms with E-state index in [1.807, 2.05) is 0 Å². The molecule has 2 aromatic rings. The summed E-state index contributed by atoms with van der Waals surface area (Å²) < 4.78 is 1.01. The van der Waals surface area contributed by atoms with Crippen molar-refractivity contribution in [3.63, 3.8) is 0 Å². The van der Waals surface area contributed by atoms with Gasteiger partial charge in [-0.05, 0) is 11.6 Å². The molecule has 0 aliphatic heterocycles. The fraction of sp³-hybridized carbons (Fsp3) is 0.143. The molecule has 0 bridgehead atoms. The summed E-state index contributed by atoms with van der Waals surface area (Å²) in [4.78, 5) is 34.6. The van der Waals surface area contributed by atoms with E-state index in [9.17, 15) is 19.5 Å². The maximum atomic E-state index is 12.0. The van der Waals surface area contributed by atoms with Crippen molar-refractivity contribution in [3.05, 3.63) is 64.1 Å². The smallest absolute Gasteiger partial charge is 0.330 e. The number of carbonyl (C=O) groups is 2. The maximum absolute atomic E-state index is 12.0. The first-order valence-corrected chi connectivity index (χ1v) is 6.12. The summed E-state index contributed by atoms with van der Waals surface area (Å²) in [5.74, 6) is -1.85. The van der Waals surface area contributed by atoms with Crippen molar-refractivity contribution in [2.75, 3.05) is 0 Å². The van der Waals surface area contributed by atoms with E-state index in [1.165, 1.54) is 19.2 Å². The Hall–Kier alpha value is -2.96. The zero-order valence-corrected chi connectivity index (χ0v) is 11.2. The summed E-state index contributed by atoms with van der Waals surface area (Å²) in [7, 11) is 1.41. The fourth-order valence-electron chi connectivity index (χ4n) is 1.76. The monoisotopic (exact) mass is 287 g/mol. The van der Waals surface area contributed by atoms with Gasteiger partial charge in [-0.1, -0.05) is 30.3 Å². The molecule has 0 saturated carbocycles. The number of nitrogens with zero attached hydrogens (tertiary/aromatic N) is 2. The Morgan fingerprint density at radius 2 is 1.86 bits per heavy atom. The van der Waals surface area contributed by atoms with Crippen molar-refractivity contribution >= 4 is 11.9 Å². The van der Waals surface area contributed by atoms with Crippen LogP contribution in [0.15, 0.2) is 47.3 Å². The molecular weight excluding hydrogens is 274 g/mol. The maximum Gasteiger partial charge on any atom is 0.330 e. The number of carboxylic acids is 1. The lowest BCUT2D eigenvalue weighted by Gasteiger charge is -2.14. The van der Waals surface area contributed by atoms with E-state index in [0.717, 1.165) is 4.68 Å². The lowest BCUT2D eigenvalue weighted by Crippen LogP contribution is -2.35. The highest BCUT2D eigenvalue weighted by molar-refractivity contribution is 5.95. The van der Waals surface area contributed by atoms with Gasteiger partial charge in [0, 0.05) is 13.1 Å². The van der Waals surface area contributed by atoms with Gasteiger partial charge >= 0.3 is 5.97 Å². The Bertz CT molecular complexity index is 724. The molecule has 21 heavy (non-hydrogen) atoms. The van der Waals surface area contributed by atoms with Gasteiger partial charge in [0.25, 0.3) is 11.5 Å². The summed E-state index contributed by atoms with van der Waals surface area (Å²) in [5.41, 5.74) is 0.0619. The third-order valence-corrected chi connectivity index (χ3v) is 2.85. The summed E-state index contributed by atoms with van der Waals surface area (Å²) in [6.45, 7) is 0. The van der Waals surface area contributed by atoms with Gasteiger partial charge in [-0.15, -0.1) is 0 Å². The van der Waals surface area contributed by atoms with Gasteiger partial charge in [-0.2, -0.15) is 5.10 Å². The number of carboxylic acid groups (broad SMARTS) is 1. The number of rotatable bonds is 4. The Morgan fingerprint density at radius 1 is 1.19 bits per heavy atom. The second kappa shape index (κ2) is 6.00. The van der Waals surface area contributed by atoms with Crippen LogP contribution in [0.2, 0.25) is 0 Å². The van der Waals surface area contributed by atoms with Crippen LogP contribution in [-0.2, 0) is 11.8 Å². The molecule has 1 atom stereocenters. The quantitative estimate of drug-likeness (QED) is 0.844. The Morgan fingerprint density at radius 3 is 2.43 bits per heavy atom. The van der Waals surface area contributed by atoms with Gasteiger partial charge in [0.05, 0.1) is 0 Å². The first-order valence-electron chi connectivity index (χ1n) is 6.12. The molecule has 7 nitrogen and oxygen atoms in total. The molecule has 1 heterocycles. The average molecular weight is 287 g/mol. The first kappa shape index (κ1) is 14.4. The minimum Gasteiger partial charge on any atom is -0.479 e. The Kier molecular flexibility index (Phi) is 4.13. The highest BCUT2D eigenvalue weighted by atomic mass is 16.4. The third kappa shape index (κ3) is 3.33.